The van der Waals surface area contributed by atoms with Crippen LogP contribution in [0.2, 0.25) is 5.15 Å². The molecule has 0 N–H and O–H groups in total. The van der Waals surface area contributed by atoms with E-state index in [1.54, 1.807) is 0 Å². The Kier molecular flexibility index (Phi) is 3.53. The van der Waals surface area contributed by atoms with Gasteiger partial charge in [-0.05, 0) is 6.07 Å². The third-order valence-electron chi connectivity index (χ3n) is 2.79. The van der Waals surface area contributed by atoms with E-state index in [1.165, 1.54) is 5.56 Å². The van der Waals surface area contributed by atoms with Crippen LogP contribution in [-0.2, 0) is 6.54 Å². The van der Waals surface area contributed by atoms with Gasteiger partial charge in [0.2, 0.25) is 0 Å². The van der Waals surface area contributed by atoms with Crippen LogP contribution in [-0.4, -0.2) is 8.75 Å². The Morgan fingerprint density at radius 2 is 1.89 bits per heavy atom. The maximum Gasteiger partial charge on any atom is 0.178 e. The van der Waals surface area contributed by atoms with Crippen LogP contribution >= 0.6 is 23.3 Å². The second-order valence-corrected chi connectivity index (χ2v) is 5.04. The minimum absolute atomic E-state index is 0.461. The molecule has 0 fully saturated rings. The van der Waals surface area contributed by atoms with Crippen LogP contribution < -0.4 is 4.57 Å². The molecule has 0 aliphatic rings. The van der Waals surface area contributed by atoms with E-state index in [9.17, 15) is 0 Å². The van der Waals surface area contributed by atoms with Crippen LogP contribution in [0.25, 0.3) is 11.3 Å². The molecule has 94 valence electrons. The summed E-state index contributed by atoms with van der Waals surface area (Å²) < 4.78 is 10.3. The van der Waals surface area contributed by atoms with Gasteiger partial charge in [-0.15, -0.1) is 0 Å². The quantitative estimate of drug-likeness (QED) is 0.693. The first kappa shape index (κ1) is 12.3. The minimum atomic E-state index is 0.461. The first-order valence-electron chi connectivity index (χ1n) is 5.84. The molecule has 2 heterocycles. The Balaban J connectivity index is 1.91. The van der Waals surface area contributed by atoms with Gasteiger partial charge in [-0.1, -0.05) is 41.9 Å². The number of halogens is 1. The van der Waals surface area contributed by atoms with Gasteiger partial charge in [-0.3, -0.25) is 0 Å². The molecular weight excluding hydrogens is 278 g/mol. The van der Waals surface area contributed by atoms with Crippen LogP contribution in [0.15, 0.2) is 54.9 Å². The van der Waals surface area contributed by atoms with E-state index in [4.69, 9.17) is 11.6 Å². The molecule has 19 heavy (non-hydrogen) atoms. The average molecular weight is 289 g/mol. The van der Waals surface area contributed by atoms with Crippen molar-refractivity contribution >= 4 is 23.3 Å². The summed E-state index contributed by atoms with van der Waals surface area (Å²) in [6.45, 7) is 0.823. The van der Waals surface area contributed by atoms with Gasteiger partial charge in [0.1, 0.15) is 5.69 Å². The second-order valence-electron chi connectivity index (χ2n) is 4.15. The minimum Gasteiger partial charge on any atom is -0.200 e. The lowest BCUT2D eigenvalue weighted by atomic mass is 10.2. The molecule has 3 aromatic rings. The lowest BCUT2D eigenvalue weighted by Gasteiger charge is -1.99. The van der Waals surface area contributed by atoms with E-state index >= 15 is 0 Å². The van der Waals surface area contributed by atoms with Crippen LogP contribution in [0.3, 0.4) is 0 Å². The summed E-state index contributed by atoms with van der Waals surface area (Å²) in [4.78, 5) is 0. The first-order chi connectivity index (χ1) is 9.33. The zero-order valence-electron chi connectivity index (χ0n) is 10.0. The molecule has 0 atom stereocenters. The highest BCUT2D eigenvalue weighted by Gasteiger charge is 2.12. The van der Waals surface area contributed by atoms with Crippen molar-refractivity contribution < 1.29 is 4.57 Å². The summed E-state index contributed by atoms with van der Waals surface area (Å²) in [5.74, 6) is 0. The average Bonchev–Trinajstić information content (AvgIpc) is 2.86. The number of rotatable bonds is 3. The smallest absolute Gasteiger partial charge is 0.178 e. The number of aromatic nitrogens is 3. The van der Waals surface area contributed by atoms with Crippen molar-refractivity contribution in [3.05, 3.63) is 65.6 Å². The zero-order chi connectivity index (χ0) is 13.1. The Labute approximate surface area is 120 Å². The zero-order valence-corrected chi connectivity index (χ0v) is 11.6. The predicted octanol–water partition coefficient (Wildman–Crippen LogP) is 3.19. The number of hydrogen-bond acceptors (Lipinski definition) is 3. The highest BCUT2D eigenvalue weighted by Crippen LogP contribution is 2.23. The Hall–Kier alpha value is -1.78. The third kappa shape index (κ3) is 2.80. The number of benzene rings is 1. The van der Waals surface area contributed by atoms with Crippen molar-refractivity contribution in [2.45, 2.75) is 6.54 Å². The molecule has 0 saturated heterocycles. The van der Waals surface area contributed by atoms with Crippen molar-refractivity contribution in [3.63, 3.8) is 0 Å². The van der Waals surface area contributed by atoms with Crippen molar-refractivity contribution in [3.8, 4) is 11.3 Å². The molecule has 0 spiro atoms. The topological polar surface area (TPSA) is 29.7 Å². The molecule has 0 aliphatic heterocycles. The van der Waals surface area contributed by atoms with Crippen molar-refractivity contribution in [2.24, 2.45) is 0 Å². The predicted molar refractivity (Wildman–Crippen MR) is 76.1 cm³/mol. The van der Waals surface area contributed by atoms with Gasteiger partial charge in [0.15, 0.2) is 24.1 Å². The normalized spacial score (nSPS) is 10.6. The maximum absolute atomic E-state index is 6.01. The molecule has 3 nitrogen and oxygen atoms in total. The fourth-order valence-electron chi connectivity index (χ4n) is 1.90. The molecule has 0 unspecified atom stereocenters. The van der Waals surface area contributed by atoms with Gasteiger partial charge in [0.25, 0.3) is 0 Å². The molecule has 3 rings (SSSR count). The molecule has 2 aromatic heterocycles. The van der Waals surface area contributed by atoms with E-state index in [0.717, 1.165) is 29.5 Å². The Morgan fingerprint density at radius 1 is 1.05 bits per heavy atom. The number of pyridine rings is 1. The molecule has 5 heteroatoms. The lowest BCUT2D eigenvalue weighted by molar-refractivity contribution is -0.687. The number of hydrogen-bond donors (Lipinski definition) is 0. The Bertz CT molecular complexity index is 682. The van der Waals surface area contributed by atoms with E-state index in [2.05, 4.69) is 25.4 Å². The number of nitrogens with zero attached hydrogens (tertiary/aromatic N) is 3. The van der Waals surface area contributed by atoms with Gasteiger partial charge in [-0.25, -0.2) is 4.57 Å². The van der Waals surface area contributed by atoms with Gasteiger partial charge >= 0.3 is 0 Å². The van der Waals surface area contributed by atoms with Gasteiger partial charge in [0.05, 0.1) is 17.3 Å². The van der Waals surface area contributed by atoms with Crippen LogP contribution in [0.1, 0.15) is 5.56 Å². The van der Waals surface area contributed by atoms with Gasteiger partial charge in [-0.2, -0.15) is 8.75 Å². The third-order valence-corrected chi connectivity index (χ3v) is 3.68. The SMILES string of the molecule is Clc1nsnc1-c1ccc[n+](Cc2ccccc2)c1. The maximum atomic E-state index is 6.01. The summed E-state index contributed by atoms with van der Waals surface area (Å²) in [5.41, 5.74) is 2.98. The molecule has 0 aliphatic carbocycles. The molecule has 0 amide bonds. The fraction of sp³-hybridized carbons (Fsp3) is 0.0714. The highest BCUT2D eigenvalue weighted by atomic mass is 35.5. The molecule has 0 bridgehead atoms. The monoisotopic (exact) mass is 288 g/mol. The van der Waals surface area contributed by atoms with E-state index in [1.807, 2.05) is 42.7 Å². The van der Waals surface area contributed by atoms with Crippen LogP contribution in [0.4, 0.5) is 0 Å². The van der Waals surface area contributed by atoms with Crippen molar-refractivity contribution in [1.82, 2.24) is 8.75 Å². The lowest BCUT2D eigenvalue weighted by Crippen LogP contribution is -2.33. The fourth-order valence-corrected chi connectivity index (χ4v) is 2.67. The second kappa shape index (κ2) is 5.47. The molecular formula is C14H11ClN3S+. The van der Waals surface area contributed by atoms with Gasteiger partial charge < -0.3 is 0 Å². The van der Waals surface area contributed by atoms with E-state index in [0.29, 0.717) is 5.15 Å². The summed E-state index contributed by atoms with van der Waals surface area (Å²) >= 11 is 7.14. The van der Waals surface area contributed by atoms with Crippen molar-refractivity contribution in [1.29, 1.82) is 0 Å². The first-order valence-corrected chi connectivity index (χ1v) is 6.95. The van der Waals surface area contributed by atoms with E-state index in [-0.39, 0.29) is 0 Å². The van der Waals surface area contributed by atoms with Crippen molar-refractivity contribution in [2.75, 3.05) is 0 Å². The molecule has 0 saturated carbocycles. The molecule has 1 aromatic carbocycles. The highest BCUT2D eigenvalue weighted by molar-refractivity contribution is 6.99. The van der Waals surface area contributed by atoms with Crippen LogP contribution in [0, 0.1) is 0 Å². The summed E-state index contributed by atoms with van der Waals surface area (Å²) in [7, 11) is 0. The van der Waals surface area contributed by atoms with E-state index < -0.39 is 0 Å². The standard InChI is InChI=1S/C14H11ClN3S/c15-14-13(16-19-17-14)12-7-4-8-18(10-12)9-11-5-2-1-3-6-11/h1-8,10H,9H2/q+1. The largest absolute Gasteiger partial charge is 0.200 e. The van der Waals surface area contributed by atoms with Gasteiger partial charge in [0, 0.05) is 11.6 Å². The summed E-state index contributed by atoms with van der Waals surface area (Å²) in [6, 6.07) is 14.3. The summed E-state index contributed by atoms with van der Waals surface area (Å²) in [5, 5.41) is 0.461. The molecule has 0 radical (unpaired) electrons. The van der Waals surface area contributed by atoms with Crippen LogP contribution in [0.5, 0.6) is 0 Å². The Morgan fingerprint density at radius 3 is 2.63 bits per heavy atom. The summed E-state index contributed by atoms with van der Waals surface area (Å²) in [6.07, 6.45) is 4.07.